The molecule has 0 radical (unpaired) electrons. The molecule has 5 heteroatoms. The van der Waals surface area contributed by atoms with Crippen LogP contribution in [0.4, 0.5) is 0 Å². The lowest BCUT2D eigenvalue weighted by Gasteiger charge is -2.35. The highest BCUT2D eigenvalue weighted by Crippen LogP contribution is 2.15. The number of amides is 2. The van der Waals surface area contributed by atoms with Crippen molar-refractivity contribution in [2.45, 2.75) is 20.3 Å². The number of ether oxygens (including phenoxy) is 1. The Morgan fingerprint density at radius 2 is 1.63 bits per heavy atom. The van der Waals surface area contributed by atoms with Crippen LogP contribution < -0.4 is 4.74 Å². The van der Waals surface area contributed by atoms with Gasteiger partial charge in [-0.1, -0.05) is 29.8 Å². The Labute approximate surface area is 160 Å². The molecule has 5 nitrogen and oxygen atoms in total. The normalized spacial score (nSPS) is 14.1. The van der Waals surface area contributed by atoms with Crippen LogP contribution in [0.2, 0.25) is 0 Å². The maximum atomic E-state index is 12.7. The van der Waals surface area contributed by atoms with E-state index in [1.807, 2.05) is 60.0 Å². The van der Waals surface area contributed by atoms with E-state index in [1.54, 1.807) is 12.1 Å². The highest BCUT2D eigenvalue weighted by Gasteiger charge is 2.24. The van der Waals surface area contributed by atoms with E-state index in [0.717, 1.165) is 16.9 Å². The number of benzene rings is 2. The van der Waals surface area contributed by atoms with Gasteiger partial charge in [0.15, 0.2) is 0 Å². The van der Waals surface area contributed by atoms with Crippen molar-refractivity contribution >= 4 is 11.8 Å². The fourth-order valence-corrected chi connectivity index (χ4v) is 3.31. The van der Waals surface area contributed by atoms with Crippen molar-refractivity contribution in [2.24, 2.45) is 0 Å². The predicted octanol–water partition coefficient (Wildman–Crippen LogP) is 2.92. The molecule has 0 unspecified atom stereocenters. The molecule has 1 aliphatic heterocycles. The lowest BCUT2D eigenvalue weighted by Crippen LogP contribution is -2.51. The van der Waals surface area contributed by atoms with Crippen molar-refractivity contribution in [1.29, 1.82) is 0 Å². The van der Waals surface area contributed by atoms with Crippen LogP contribution >= 0.6 is 0 Å². The number of aryl methyl sites for hydroxylation is 1. The van der Waals surface area contributed by atoms with Crippen molar-refractivity contribution in [3.05, 3.63) is 65.2 Å². The number of nitrogens with zero attached hydrogens (tertiary/aromatic N) is 2. The summed E-state index contributed by atoms with van der Waals surface area (Å²) in [6, 6.07) is 15.3. The van der Waals surface area contributed by atoms with Gasteiger partial charge in [-0.05, 0) is 43.7 Å². The Balaban J connectivity index is 1.53. The van der Waals surface area contributed by atoms with Gasteiger partial charge in [0.05, 0.1) is 13.0 Å². The summed E-state index contributed by atoms with van der Waals surface area (Å²) in [6.07, 6.45) is 0.411. The van der Waals surface area contributed by atoms with Crippen molar-refractivity contribution < 1.29 is 14.3 Å². The van der Waals surface area contributed by atoms with E-state index in [0.29, 0.717) is 44.8 Å². The zero-order valence-electron chi connectivity index (χ0n) is 16.0. The molecule has 1 heterocycles. The van der Waals surface area contributed by atoms with Gasteiger partial charge in [0.1, 0.15) is 5.75 Å². The zero-order chi connectivity index (χ0) is 19.2. The van der Waals surface area contributed by atoms with E-state index in [2.05, 4.69) is 0 Å². The summed E-state index contributed by atoms with van der Waals surface area (Å²) in [4.78, 5) is 28.9. The minimum absolute atomic E-state index is 0.00355. The van der Waals surface area contributed by atoms with Crippen LogP contribution in [0.3, 0.4) is 0 Å². The van der Waals surface area contributed by atoms with Gasteiger partial charge >= 0.3 is 0 Å². The summed E-state index contributed by atoms with van der Waals surface area (Å²) in [7, 11) is 0. The maximum Gasteiger partial charge on any atom is 0.253 e. The van der Waals surface area contributed by atoms with Crippen LogP contribution in [-0.4, -0.2) is 54.4 Å². The number of carbonyl (C=O) groups is 2. The molecule has 2 aromatic carbocycles. The summed E-state index contributed by atoms with van der Waals surface area (Å²) in [5.41, 5.74) is 2.84. The van der Waals surface area contributed by atoms with Gasteiger partial charge in [0.25, 0.3) is 5.91 Å². The van der Waals surface area contributed by atoms with E-state index in [1.165, 1.54) is 0 Å². The SMILES string of the molecule is CCOc1ccc(C(=O)N2CCN(C(=O)Cc3cccc(C)c3)CC2)cc1. The second-order valence-electron chi connectivity index (χ2n) is 6.80. The summed E-state index contributed by atoms with van der Waals surface area (Å²) < 4.78 is 5.41. The third-order valence-electron chi connectivity index (χ3n) is 4.77. The highest BCUT2D eigenvalue weighted by molar-refractivity contribution is 5.94. The third kappa shape index (κ3) is 4.88. The molecule has 1 saturated heterocycles. The van der Waals surface area contributed by atoms with Gasteiger partial charge < -0.3 is 14.5 Å². The van der Waals surface area contributed by atoms with Crippen LogP contribution in [0.25, 0.3) is 0 Å². The Hall–Kier alpha value is -2.82. The molecule has 2 aromatic rings. The molecule has 3 rings (SSSR count). The molecular formula is C22H26N2O3. The number of carbonyl (C=O) groups excluding carboxylic acids is 2. The van der Waals surface area contributed by atoms with Crippen LogP contribution in [0.5, 0.6) is 5.75 Å². The van der Waals surface area contributed by atoms with Crippen molar-refractivity contribution in [3.63, 3.8) is 0 Å². The number of hydrogen-bond donors (Lipinski definition) is 0. The monoisotopic (exact) mass is 366 g/mol. The van der Waals surface area contributed by atoms with Crippen LogP contribution in [0, 0.1) is 6.92 Å². The molecule has 0 aromatic heterocycles. The fraction of sp³-hybridized carbons (Fsp3) is 0.364. The summed E-state index contributed by atoms with van der Waals surface area (Å²) in [6.45, 7) is 6.84. The first kappa shape index (κ1) is 19.0. The smallest absolute Gasteiger partial charge is 0.253 e. The van der Waals surface area contributed by atoms with Gasteiger partial charge in [-0.15, -0.1) is 0 Å². The topological polar surface area (TPSA) is 49.9 Å². The predicted molar refractivity (Wildman–Crippen MR) is 105 cm³/mol. The average Bonchev–Trinajstić information content (AvgIpc) is 2.68. The molecule has 0 bridgehead atoms. The average molecular weight is 366 g/mol. The Bertz CT molecular complexity index is 793. The van der Waals surface area contributed by atoms with E-state index in [9.17, 15) is 9.59 Å². The molecule has 0 spiro atoms. The van der Waals surface area contributed by atoms with E-state index >= 15 is 0 Å². The molecule has 0 aliphatic carbocycles. The lowest BCUT2D eigenvalue weighted by molar-refractivity contribution is -0.131. The maximum absolute atomic E-state index is 12.7. The van der Waals surface area contributed by atoms with Gasteiger partial charge in [0.2, 0.25) is 5.91 Å². The molecule has 1 fully saturated rings. The van der Waals surface area contributed by atoms with Gasteiger partial charge in [-0.2, -0.15) is 0 Å². The minimum atomic E-state index is 0.00355. The van der Waals surface area contributed by atoms with E-state index in [4.69, 9.17) is 4.74 Å². The quantitative estimate of drug-likeness (QED) is 0.818. The van der Waals surface area contributed by atoms with Crippen LogP contribution in [0.15, 0.2) is 48.5 Å². The van der Waals surface area contributed by atoms with Crippen molar-refractivity contribution in [2.75, 3.05) is 32.8 Å². The summed E-state index contributed by atoms with van der Waals surface area (Å²) in [5, 5.41) is 0. The second-order valence-corrected chi connectivity index (χ2v) is 6.80. The second kappa shape index (κ2) is 8.71. The molecule has 27 heavy (non-hydrogen) atoms. The molecular weight excluding hydrogens is 340 g/mol. The van der Waals surface area contributed by atoms with E-state index < -0.39 is 0 Å². The van der Waals surface area contributed by atoms with Gasteiger partial charge in [-0.25, -0.2) is 0 Å². The first-order chi connectivity index (χ1) is 13.1. The summed E-state index contributed by atoms with van der Waals surface area (Å²) >= 11 is 0. The van der Waals surface area contributed by atoms with Gasteiger partial charge in [0, 0.05) is 31.7 Å². The number of rotatable bonds is 5. The van der Waals surface area contributed by atoms with Gasteiger partial charge in [-0.3, -0.25) is 9.59 Å². The highest BCUT2D eigenvalue weighted by atomic mass is 16.5. The first-order valence-corrected chi connectivity index (χ1v) is 9.42. The minimum Gasteiger partial charge on any atom is -0.494 e. The largest absolute Gasteiger partial charge is 0.494 e. The standard InChI is InChI=1S/C22H26N2O3/c1-3-27-20-9-7-19(8-10-20)22(26)24-13-11-23(12-14-24)21(25)16-18-6-4-5-17(2)15-18/h4-10,15H,3,11-14,16H2,1-2H3. The molecule has 0 N–H and O–H groups in total. The Morgan fingerprint density at radius 3 is 2.26 bits per heavy atom. The summed E-state index contributed by atoms with van der Waals surface area (Å²) in [5.74, 6) is 0.887. The fourth-order valence-electron chi connectivity index (χ4n) is 3.31. The van der Waals surface area contributed by atoms with Crippen LogP contribution in [-0.2, 0) is 11.2 Å². The lowest BCUT2D eigenvalue weighted by atomic mass is 10.1. The number of hydrogen-bond acceptors (Lipinski definition) is 3. The van der Waals surface area contributed by atoms with Crippen molar-refractivity contribution in [1.82, 2.24) is 9.80 Å². The Morgan fingerprint density at radius 1 is 0.963 bits per heavy atom. The Kier molecular flexibility index (Phi) is 6.12. The van der Waals surface area contributed by atoms with E-state index in [-0.39, 0.29) is 11.8 Å². The first-order valence-electron chi connectivity index (χ1n) is 9.42. The van der Waals surface area contributed by atoms with Crippen LogP contribution in [0.1, 0.15) is 28.4 Å². The number of piperazine rings is 1. The molecule has 0 atom stereocenters. The van der Waals surface area contributed by atoms with Crippen molar-refractivity contribution in [3.8, 4) is 5.75 Å². The molecule has 1 aliphatic rings. The molecule has 0 saturated carbocycles. The molecule has 2 amide bonds. The zero-order valence-corrected chi connectivity index (χ0v) is 16.0. The molecule has 142 valence electrons. The third-order valence-corrected chi connectivity index (χ3v) is 4.77.